The highest BCUT2D eigenvalue weighted by atomic mass is 16.5. The third kappa shape index (κ3) is 2.26. The Bertz CT molecular complexity index is 367. The van der Waals surface area contributed by atoms with Gasteiger partial charge in [0.2, 0.25) is 0 Å². The first kappa shape index (κ1) is 11.2. The van der Waals surface area contributed by atoms with Crippen LogP contribution >= 0.6 is 0 Å². The van der Waals surface area contributed by atoms with Crippen molar-refractivity contribution in [2.24, 2.45) is 5.92 Å². The van der Waals surface area contributed by atoms with Crippen molar-refractivity contribution in [1.29, 1.82) is 0 Å². The van der Waals surface area contributed by atoms with E-state index in [0.717, 1.165) is 12.8 Å². The molecule has 0 N–H and O–H groups in total. The van der Waals surface area contributed by atoms with Crippen LogP contribution in [0.25, 0.3) is 0 Å². The van der Waals surface area contributed by atoms with Gasteiger partial charge < -0.3 is 4.74 Å². The Morgan fingerprint density at radius 3 is 2.56 bits per heavy atom. The summed E-state index contributed by atoms with van der Waals surface area (Å²) in [5.74, 6) is 0.462. The van der Waals surface area contributed by atoms with Crippen molar-refractivity contribution < 1.29 is 9.53 Å². The number of rotatable bonds is 4. The highest BCUT2D eigenvalue weighted by molar-refractivity contribution is 5.77. The first-order valence-corrected chi connectivity index (χ1v) is 6.01. The standard InChI is InChI=1S/C14H18O2/c1-3-10-5-7-11(8-6-10)12-9-13(12)14(15)16-4-2/h5-8,12-13H,3-4,9H2,1-2H3/t12-,13+/m0/s1. The van der Waals surface area contributed by atoms with Crippen LogP contribution in [0.2, 0.25) is 0 Å². The molecule has 0 unspecified atom stereocenters. The molecule has 86 valence electrons. The molecule has 0 aliphatic heterocycles. The van der Waals surface area contributed by atoms with Gasteiger partial charge in [0.25, 0.3) is 0 Å². The summed E-state index contributed by atoms with van der Waals surface area (Å²) in [6, 6.07) is 8.58. The Kier molecular flexibility index (Phi) is 3.28. The number of aryl methyl sites for hydroxylation is 1. The molecule has 16 heavy (non-hydrogen) atoms. The Hall–Kier alpha value is -1.31. The van der Waals surface area contributed by atoms with Crippen molar-refractivity contribution in [1.82, 2.24) is 0 Å². The normalized spacial score (nSPS) is 22.9. The van der Waals surface area contributed by atoms with Crippen molar-refractivity contribution in [2.75, 3.05) is 6.61 Å². The molecule has 0 bridgehead atoms. The van der Waals surface area contributed by atoms with Gasteiger partial charge in [0.1, 0.15) is 0 Å². The molecular formula is C14H18O2. The number of esters is 1. The predicted molar refractivity (Wildman–Crippen MR) is 63.3 cm³/mol. The monoisotopic (exact) mass is 218 g/mol. The summed E-state index contributed by atoms with van der Waals surface area (Å²) < 4.78 is 5.02. The maximum absolute atomic E-state index is 11.5. The van der Waals surface area contributed by atoms with Crippen LogP contribution in [-0.4, -0.2) is 12.6 Å². The molecule has 0 spiro atoms. The minimum absolute atomic E-state index is 0.0351. The minimum atomic E-state index is -0.0351. The molecule has 2 rings (SSSR count). The summed E-state index contributed by atoms with van der Waals surface area (Å²) >= 11 is 0. The molecule has 0 radical (unpaired) electrons. The van der Waals surface area contributed by atoms with E-state index in [4.69, 9.17) is 4.74 Å². The molecule has 0 heterocycles. The van der Waals surface area contributed by atoms with Gasteiger partial charge in [-0.05, 0) is 36.8 Å². The third-order valence-corrected chi connectivity index (χ3v) is 3.20. The molecule has 1 aliphatic rings. The van der Waals surface area contributed by atoms with Crippen LogP contribution in [-0.2, 0) is 16.0 Å². The maximum Gasteiger partial charge on any atom is 0.309 e. The zero-order chi connectivity index (χ0) is 11.5. The van der Waals surface area contributed by atoms with Crippen molar-refractivity contribution in [3.63, 3.8) is 0 Å². The van der Waals surface area contributed by atoms with Gasteiger partial charge in [0, 0.05) is 0 Å². The van der Waals surface area contributed by atoms with Crippen molar-refractivity contribution >= 4 is 5.97 Å². The second-order valence-electron chi connectivity index (χ2n) is 4.30. The van der Waals surface area contributed by atoms with Crippen LogP contribution in [0.3, 0.4) is 0 Å². The number of hydrogen-bond donors (Lipinski definition) is 0. The summed E-state index contributed by atoms with van der Waals surface area (Å²) in [4.78, 5) is 11.5. The Labute approximate surface area is 96.6 Å². The van der Waals surface area contributed by atoms with E-state index in [1.165, 1.54) is 11.1 Å². The Morgan fingerprint density at radius 1 is 1.31 bits per heavy atom. The molecule has 1 aromatic rings. The summed E-state index contributed by atoms with van der Waals surface area (Å²) in [7, 11) is 0. The fourth-order valence-corrected chi connectivity index (χ4v) is 2.07. The van der Waals surface area contributed by atoms with Crippen molar-refractivity contribution in [3.8, 4) is 0 Å². The van der Waals surface area contributed by atoms with Crippen LogP contribution in [0, 0.1) is 5.92 Å². The van der Waals surface area contributed by atoms with Crippen LogP contribution in [0.15, 0.2) is 24.3 Å². The molecule has 2 heteroatoms. The number of hydrogen-bond acceptors (Lipinski definition) is 2. The van der Waals surface area contributed by atoms with E-state index in [1.54, 1.807) is 0 Å². The molecule has 1 fully saturated rings. The van der Waals surface area contributed by atoms with Crippen LogP contribution in [0.1, 0.15) is 37.3 Å². The molecule has 1 aromatic carbocycles. The number of benzene rings is 1. The van der Waals surface area contributed by atoms with Gasteiger partial charge in [-0.25, -0.2) is 0 Å². The van der Waals surface area contributed by atoms with E-state index in [0.29, 0.717) is 12.5 Å². The van der Waals surface area contributed by atoms with Gasteiger partial charge in [0.05, 0.1) is 12.5 Å². The van der Waals surface area contributed by atoms with E-state index in [2.05, 4.69) is 31.2 Å². The van der Waals surface area contributed by atoms with Gasteiger partial charge in [-0.1, -0.05) is 31.2 Å². The van der Waals surface area contributed by atoms with Crippen LogP contribution in [0.5, 0.6) is 0 Å². The van der Waals surface area contributed by atoms with Crippen molar-refractivity contribution in [3.05, 3.63) is 35.4 Å². The maximum atomic E-state index is 11.5. The second-order valence-corrected chi connectivity index (χ2v) is 4.30. The lowest BCUT2D eigenvalue weighted by atomic mass is 10.1. The molecule has 1 aliphatic carbocycles. The average molecular weight is 218 g/mol. The van der Waals surface area contributed by atoms with E-state index in [-0.39, 0.29) is 11.9 Å². The lowest BCUT2D eigenvalue weighted by Crippen LogP contribution is -2.07. The highest BCUT2D eigenvalue weighted by Gasteiger charge is 2.44. The van der Waals surface area contributed by atoms with Gasteiger partial charge in [0.15, 0.2) is 0 Å². The fraction of sp³-hybridized carbons (Fsp3) is 0.500. The van der Waals surface area contributed by atoms with E-state index in [1.807, 2.05) is 6.92 Å². The fourth-order valence-electron chi connectivity index (χ4n) is 2.07. The number of carbonyl (C=O) groups excluding carboxylic acids is 1. The summed E-state index contributed by atoms with van der Waals surface area (Å²) in [6.45, 7) is 4.48. The smallest absolute Gasteiger partial charge is 0.309 e. The SMILES string of the molecule is CCOC(=O)[C@@H]1C[C@H]1c1ccc(CC)cc1. The Morgan fingerprint density at radius 2 is 2.00 bits per heavy atom. The summed E-state index contributed by atoms with van der Waals surface area (Å²) in [5.41, 5.74) is 2.62. The number of ether oxygens (including phenoxy) is 1. The molecule has 0 aromatic heterocycles. The average Bonchev–Trinajstić information content (AvgIpc) is 3.09. The summed E-state index contributed by atoms with van der Waals surface area (Å²) in [5, 5.41) is 0. The first-order valence-electron chi connectivity index (χ1n) is 6.01. The van der Waals surface area contributed by atoms with Gasteiger partial charge >= 0.3 is 5.97 Å². The zero-order valence-corrected chi connectivity index (χ0v) is 9.90. The zero-order valence-electron chi connectivity index (χ0n) is 9.90. The summed E-state index contributed by atoms with van der Waals surface area (Å²) in [6.07, 6.45) is 2.01. The van der Waals surface area contributed by atoms with Crippen molar-refractivity contribution in [2.45, 2.75) is 32.6 Å². The predicted octanol–water partition coefficient (Wildman–Crippen LogP) is 2.92. The molecular weight excluding hydrogens is 200 g/mol. The van der Waals surface area contributed by atoms with Crippen LogP contribution in [0.4, 0.5) is 0 Å². The van der Waals surface area contributed by atoms with E-state index >= 15 is 0 Å². The van der Waals surface area contributed by atoms with Gasteiger partial charge in [-0.3, -0.25) is 4.79 Å². The van der Waals surface area contributed by atoms with E-state index < -0.39 is 0 Å². The highest BCUT2D eigenvalue weighted by Crippen LogP contribution is 2.48. The van der Waals surface area contributed by atoms with Gasteiger partial charge in [-0.15, -0.1) is 0 Å². The third-order valence-electron chi connectivity index (χ3n) is 3.20. The lowest BCUT2D eigenvalue weighted by Gasteiger charge is -2.02. The van der Waals surface area contributed by atoms with E-state index in [9.17, 15) is 4.79 Å². The van der Waals surface area contributed by atoms with Gasteiger partial charge in [-0.2, -0.15) is 0 Å². The quantitative estimate of drug-likeness (QED) is 0.726. The molecule has 2 nitrogen and oxygen atoms in total. The molecule has 2 atom stereocenters. The second kappa shape index (κ2) is 4.69. The minimum Gasteiger partial charge on any atom is -0.466 e. The molecule has 0 amide bonds. The molecule has 1 saturated carbocycles. The largest absolute Gasteiger partial charge is 0.466 e. The number of carbonyl (C=O) groups is 1. The first-order chi connectivity index (χ1) is 7.76. The lowest BCUT2D eigenvalue weighted by molar-refractivity contribution is -0.144. The van der Waals surface area contributed by atoms with Crippen LogP contribution < -0.4 is 0 Å². The molecule has 0 saturated heterocycles. The topological polar surface area (TPSA) is 26.3 Å². The Balaban J connectivity index is 1.97.